The fourth-order valence-corrected chi connectivity index (χ4v) is 3.02. The van der Waals surface area contributed by atoms with Crippen molar-refractivity contribution in [1.29, 1.82) is 0 Å². The number of nitrogens with one attached hydrogen (secondary N) is 1. The minimum atomic E-state index is -0.825. The van der Waals surface area contributed by atoms with Crippen molar-refractivity contribution in [1.82, 2.24) is 15.2 Å². The van der Waals surface area contributed by atoms with Crippen LogP contribution in [-0.2, 0) is 4.79 Å². The first-order valence-electron chi connectivity index (χ1n) is 7.74. The second-order valence-corrected chi connectivity index (χ2v) is 5.88. The Labute approximate surface area is 133 Å². The molecule has 122 valence electrons. The van der Waals surface area contributed by atoms with E-state index in [0.29, 0.717) is 12.4 Å². The Morgan fingerprint density at radius 1 is 1.43 bits per heavy atom. The summed E-state index contributed by atoms with van der Waals surface area (Å²) >= 11 is 0. The number of carbonyl (C=O) groups excluding carboxylic acids is 2. The Hall–Kier alpha value is -2.41. The molecule has 23 heavy (non-hydrogen) atoms. The Bertz CT molecular complexity index is 694. The van der Waals surface area contributed by atoms with Gasteiger partial charge in [0.05, 0.1) is 6.04 Å². The number of hydrogen-bond donors (Lipinski definition) is 2. The van der Waals surface area contributed by atoms with Gasteiger partial charge in [-0.3, -0.25) is 15.0 Å². The summed E-state index contributed by atoms with van der Waals surface area (Å²) < 4.78 is 5.85. The van der Waals surface area contributed by atoms with E-state index in [4.69, 9.17) is 10.2 Å². The molecule has 0 radical (unpaired) electrons. The molecule has 7 heteroatoms. The second-order valence-electron chi connectivity index (χ2n) is 5.88. The van der Waals surface area contributed by atoms with Gasteiger partial charge in [-0.2, -0.15) is 0 Å². The highest BCUT2D eigenvalue weighted by Crippen LogP contribution is 2.29. The average Bonchev–Trinajstić information content (AvgIpc) is 2.97. The van der Waals surface area contributed by atoms with Crippen molar-refractivity contribution < 1.29 is 14.0 Å². The highest BCUT2D eigenvalue weighted by Gasteiger charge is 2.30. The van der Waals surface area contributed by atoms with E-state index in [1.54, 1.807) is 6.92 Å². The SMILES string of the molecule is C[C@H](C(=O)NC(N)=O)N1CCC[C@H](c2nc3ccccc3o2)C1. The molecular formula is C16H20N4O3. The van der Waals surface area contributed by atoms with Gasteiger partial charge in [0.2, 0.25) is 5.91 Å². The normalized spacial score (nSPS) is 20.3. The Morgan fingerprint density at radius 3 is 2.96 bits per heavy atom. The molecule has 1 aromatic heterocycles. The summed E-state index contributed by atoms with van der Waals surface area (Å²) in [5.41, 5.74) is 6.63. The zero-order chi connectivity index (χ0) is 16.4. The maximum absolute atomic E-state index is 11.9. The van der Waals surface area contributed by atoms with E-state index in [1.165, 1.54) is 0 Å². The van der Waals surface area contributed by atoms with Crippen molar-refractivity contribution in [2.75, 3.05) is 13.1 Å². The molecule has 3 amide bonds. The highest BCUT2D eigenvalue weighted by molar-refractivity contribution is 5.96. The summed E-state index contributed by atoms with van der Waals surface area (Å²) in [6, 6.07) is 6.42. The molecule has 3 N–H and O–H groups in total. The molecule has 0 spiro atoms. The van der Waals surface area contributed by atoms with E-state index in [0.717, 1.165) is 30.5 Å². The van der Waals surface area contributed by atoms with Crippen LogP contribution in [0, 0.1) is 0 Å². The van der Waals surface area contributed by atoms with Gasteiger partial charge in [-0.05, 0) is 38.4 Å². The molecule has 0 bridgehead atoms. The molecule has 1 saturated heterocycles. The molecular weight excluding hydrogens is 296 g/mol. The van der Waals surface area contributed by atoms with Crippen LogP contribution in [-0.4, -0.2) is 41.0 Å². The summed E-state index contributed by atoms with van der Waals surface area (Å²) in [7, 11) is 0. The number of rotatable bonds is 3. The van der Waals surface area contributed by atoms with Crippen LogP contribution in [0.1, 0.15) is 31.6 Å². The minimum absolute atomic E-state index is 0.139. The molecule has 0 aliphatic carbocycles. The summed E-state index contributed by atoms with van der Waals surface area (Å²) in [6.07, 6.45) is 1.91. The van der Waals surface area contributed by atoms with Crippen molar-refractivity contribution in [3.05, 3.63) is 30.2 Å². The van der Waals surface area contributed by atoms with Crippen molar-refractivity contribution in [2.24, 2.45) is 5.73 Å². The number of benzene rings is 1. The zero-order valence-electron chi connectivity index (χ0n) is 13.0. The molecule has 1 aromatic carbocycles. The van der Waals surface area contributed by atoms with Gasteiger partial charge in [-0.15, -0.1) is 0 Å². The van der Waals surface area contributed by atoms with E-state index >= 15 is 0 Å². The van der Waals surface area contributed by atoms with Crippen LogP contribution in [0.5, 0.6) is 0 Å². The number of urea groups is 1. The van der Waals surface area contributed by atoms with Crippen LogP contribution < -0.4 is 11.1 Å². The minimum Gasteiger partial charge on any atom is -0.440 e. The van der Waals surface area contributed by atoms with Crippen LogP contribution in [0.4, 0.5) is 4.79 Å². The molecule has 2 atom stereocenters. The zero-order valence-corrected chi connectivity index (χ0v) is 13.0. The maximum Gasteiger partial charge on any atom is 0.318 e. The van der Waals surface area contributed by atoms with E-state index in [2.05, 4.69) is 10.3 Å². The number of aromatic nitrogens is 1. The van der Waals surface area contributed by atoms with Crippen molar-refractivity contribution >= 4 is 23.0 Å². The smallest absolute Gasteiger partial charge is 0.318 e. The van der Waals surface area contributed by atoms with Crippen LogP contribution in [0.3, 0.4) is 0 Å². The van der Waals surface area contributed by atoms with E-state index in [9.17, 15) is 9.59 Å². The number of hydrogen-bond acceptors (Lipinski definition) is 5. The number of primary amides is 1. The van der Waals surface area contributed by atoms with E-state index < -0.39 is 12.1 Å². The maximum atomic E-state index is 11.9. The molecule has 0 saturated carbocycles. The quantitative estimate of drug-likeness (QED) is 0.895. The van der Waals surface area contributed by atoms with Gasteiger partial charge in [-0.25, -0.2) is 9.78 Å². The molecule has 2 aromatic rings. The summed E-state index contributed by atoms with van der Waals surface area (Å²) in [5, 5.41) is 2.14. The summed E-state index contributed by atoms with van der Waals surface area (Å²) in [6.45, 7) is 3.23. The lowest BCUT2D eigenvalue weighted by molar-refractivity contribution is -0.125. The first-order chi connectivity index (χ1) is 11.0. The number of carbonyl (C=O) groups is 2. The average molecular weight is 316 g/mol. The fraction of sp³-hybridized carbons (Fsp3) is 0.438. The topological polar surface area (TPSA) is 101 Å². The second kappa shape index (κ2) is 6.37. The number of nitrogens with zero attached hydrogens (tertiary/aromatic N) is 2. The number of oxazole rings is 1. The van der Waals surface area contributed by atoms with Crippen LogP contribution in [0.15, 0.2) is 28.7 Å². The molecule has 7 nitrogen and oxygen atoms in total. The highest BCUT2D eigenvalue weighted by atomic mass is 16.3. The van der Waals surface area contributed by atoms with Crippen molar-refractivity contribution in [3.63, 3.8) is 0 Å². The third kappa shape index (κ3) is 3.34. The lowest BCUT2D eigenvalue weighted by Gasteiger charge is -2.34. The predicted molar refractivity (Wildman–Crippen MR) is 84.7 cm³/mol. The molecule has 3 rings (SSSR count). The van der Waals surface area contributed by atoms with Gasteiger partial charge in [-0.1, -0.05) is 12.1 Å². The molecule has 1 fully saturated rings. The van der Waals surface area contributed by atoms with Crippen molar-refractivity contribution in [3.8, 4) is 0 Å². The fourth-order valence-electron chi connectivity index (χ4n) is 3.02. The van der Waals surface area contributed by atoms with Gasteiger partial charge in [0.15, 0.2) is 11.5 Å². The third-order valence-electron chi connectivity index (χ3n) is 4.29. The number of para-hydroxylation sites is 2. The predicted octanol–water partition coefficient (Wildman–Crippen LogP) is 1.59. The van der Waals surface area contributed by atoms with Gasteiger partial charge in [0.1, 0.15) is 5.52 Å². The van der Waals surface area contributed by atoms with E-state index in [-0.39, 0.29) is 11.8 Å². The van der Waals surface area contributed by atoms with Crippen LogP contribution >= 0.6 is 0 Å². The van der Waals surface area contributed by atoms with Gasteiger partial charge in [0, 0.05) is 12.5 Å². The lowest BCUT2D eigenvalue weighted by atomic mass is 9.96. The Morgan fingerprint density at radius 2 is 2.22 bits per heavy atom. The monoisotopic (exact) mass is 316 g/mol. The number of piperidine rings is 1. The molecule has 2 heterocycles. The Balaban J connectivity index is 1.72. The number of likely N-dealkylation sites (tertiary alicyclic amines) is 1. The first kappa shape index (κ1) is 15.5. The molecule has 1 aliphatic heterocycles. The van der Waals surface area contributed by atoms with E-state index in [1.807, 2.05) is 29.2 Å². The van der Waals surface area contributed by atoms with Crippen molar-refractivity contribution in [2.45, 2.75) is 31.7 Å². The Kier molecular flexibility index (Phi) is 4.29. The van der Waals surface area contributed by atoms with Crippen LogP contribution in [0.2, 0.25) is 0 Å². The number of imide groups is 1. The standard InChI is InChI=1S/C16H20N4O3/c1-10(14(21)19-16(17)22)20-8-4-5-11(9-20)15-18-12-6-2-3-7-13(12)23-15/h2-3,6-7,10-11H,4-5,8-9H2,1H3,(H3,17,19,21,22)/t10-,11+/m1/s1. The van der Waals surface area contributed by atoms with Gasteiger partial charge < -0.3 is 10.2 Å². The number of amides is 3. The summed E-state index contributed by atoms with van der Waals surface area (Å²) in [4.78, 5) is 29.4. The lowest BCUT2D eigenvalue weighted by Crippen LogP contribution is -2.50. The third-order valence-corrected chi connectivity index (χ3v) is 4.29. The number of fused-ring (bicyclic) bond motifs is 1. The van der Waals surface area contributed by atoms with Gasteiger partial charge in [0.25, 0.3) is 0 Å². The molecule has 1 aliphatic rings. The summed E-state index contributed by atoms with van der Waals surface area (Å²) in [5.74, 6) is 0.467. The largest absolute Gasteiger partial charge is 0.440 e. The molecule has 0 unspecified atom stereocenters. The number of nitrogens with two attached hydrogens (primary N) is 1. The first-order valence-corrected chi connectivity index (χ1v) is 7.74. The van der Waals surface area contributed by atoms with Crippen LogP contribution in [0.25, 0.3) is 11.1 Å². The van der Waals surface area contributed by atoms with Gasteiger partial charge >= 0.3 is 6.03 Å².